The lowest BCUT2D eigenvalue weighted by Gasteiger charge is -2.62. The summed E-state index contributed by atoms with van der Waals surface area (Å²) in [6.45, 7) is 15.1. The normalized spacial score (nSPS) is 23.4. The summed E-state index contributed by atoms with van der Waals surface area (Å²) in [5.41, 5.74) is 3.22. The first-order valence-electron chi connectivity index (χ1n) is 36.7. The second-order valence-corrected chi connectivity index (χ2v) is 30.7. The highest BCUT2D eigenvalue weighted by molar-refractivity contribution is 7.99. The Morgan fingerprint density at radius 1 is 0.783 bits per heavy atom. The number of likely N-dealkylation sites (N-methyl/N-ethyl adjacent to an activating group) is 1. The van der Waals surface area contributed by atoms with Gasteiger partial charge in [-0.2, -0.15) is 0 Å². The molecule has 2 bridgehead atoms. The zero-order valence-electron chi connectivity index (χ0n) is 62.6. The van der Waals surface area contributed by atoms with Crippen molar-refractivity contribution in [1.29, 1.82) is 0 Å². The highest BCUT2D eigenvalue weighted by atomic mass is 32.2. The molecule has 9 atom stereocenters. The molecule has 564 valence electrons. The average molecular weight is 1470 g/mol. The lowest BCUT2D eigenvalue weighted by molar-refractivity contribution is -0.188. The maximum atomic E-state index is 12.7. The van der Waals surface area contributed by atoms with E-state index in [2.05, 4.69) is 125 Å². The van der Waals surface area contributed by atoms with Crippen molar-refractivity contribution >= 4 is 69.5 Å². The van der Waals surface area contributed by atoms with Crippen molar-refractivity contribution in [1.82, 2.24) is 30.3 Å². The van der Waals surface area contributed by atoms with Crippen LogP contribution in [-0.2, 0) is 36.6 Å². The van der Waals surface area contributed by atoms with Gasteiger partial charge < -0.3 is 54.4 Å². The van der Waals surface area contributed by atoms with Crippen LogP contribution in [0.1, 0.15) is 137 Å². The van der Waals surface area contributed by atoms with E-state index in [1.54, 1.807) is 33.3 Å². The third-order valence-electron chi connectivity index (χ3n) is 22.6. The number of aromatic hydroxyl groups is 1. The predicted octanol–water partition coefficient (Wildman–Crippen LogP) is 13.2. The molecule has 8 aliphatic rings. The standard InChI is InChI=1S/C20H23NO4.C17H20N2S.C16H25NO2.C14H14O3.C11H16N2O3.C6H5NO2/c22-13-4-3-12-9-15-20(24)6-5-14(23)18-19(20,16(12)17(13)25-18)7-8-21(15)10-11-1-2-11;1-13(18(2)3)12-19-14-8-4-6-10-16(14)20-17-11-7-5-9-15(17)19;1-17(2)12-14-7-4-5-10-16(14,18)13-8-6-9-15(11-13)19-3;1-9(14(15)16)10-3-4-12-8-13(17-2)6-5-11(12)7-10;1-4-6-11(7(3)5-2)8(14)12-10(16)13-9(11)15;8-6(9)5-2-1-3-7-4-5/h3-4,11,15,18,22,24H,1-2,5-10H2;4-11,13H,12H2,1-3H3;6,8-9,11,14,18H,4-5,7,10,12H2,1-3H3;3-9H,1-2H3,(H,15,16);4,7H,1,5-6H2,2-3H3,(H2,12,13,14,15,16);1-4H,(H,8,9)/t15-,18+,19+,20-;;14-,16+;9-;;/m1.10../s1. The zero-order chi connectivity index (χ0) is 76.4. The molecule has 2 saturated heterocycles. The van der Waals surface area contributed by atoms with Crippen molar-refractivity contribution in [3.05, 3.63) is 186 Å². The van der Waals surface area contributed by atoms with Crippen molar-refractivity contribution in [2.75, 3.05) is 73.5 Å². The molecule has 4 aliphatic carbocycles. The number of carbonyl (C=O) groups excluding carboxylic acids is 4. The fourth-order valence-corrected chi connectivity index (χ4v) is 17.2. The number of benzene rings is 6. The number of allylic oxidation sites excluding steroid dienone is 1. The molecule has 7 N–H and O–H groups in total. The number of phenolic OH excluding ortho intramolecular Hbond substituents is 1. The summed E-state index contributed by atoms with van der Waals surface area (Å²) < 4.78 is 16.5. The van der Waals surface area contributed by atoms with Crippen LogP contribution in [-0.4, -0.2) is 173 Å². The molecule has 5 fully saturated rings. The van der Waals surface area contributed by atoms with Crippen LogP contribution in [0.3, 0.4) is 0 Å². The highest BCUT2D eigenvalue weighted by Gasteiger charge is 2.73. The van der Waals surface area contributed by atoms with E-state index >= 15 is 0 Å². The van der Waals surface area contributed by atoms with E-state index in [9.17, 15) is 44.1 Å². The number of amides is 4. The number of rotatable bonds is 17. The fraction of sp³-hybridized carbons (Fsp3) is 0.440. The Balaban J connectivity index is 0.000000139. The van der Waals surface area contributed by atoms with E-state index in [1.165, 1.54) is 65.0 Å². The first-order chi connectivity index (χ1) is 50.7. The molecule has 106 heavy (non-hydrogen) atoms. The summed E-state index contributed by atoms with van der Waals surface area (Å²) in [5.74, 6) is -0.147. The summed E-state index contributed by atoms with van der Waals surface area (Å²) in [6.07, 6.45) is 13.8. The number of hydrogen-bond acceptors (Lipinski definition) is 18. The number of carboxylic acids is 2. The van der Waals surface area contributed by atoms with E-state index in [0.717, 1.165) is 109 Å². The molecular formula is C84H103N7O14S. The molecule has 6 aromatic carbocycles. The van der Waals surface area contributed by atoms with E-state index in [4.69, 9.17) is 24.4 Å². The molecule has 2 unspecified atom stereocenters. The number of aliphatic hydroxyl groups is 2. The number of nitrogens with one attached hydrogen (secondary N) is 2. The Bertz CT molecular complexity index is 4260. The van der Waals surface area contributed by atoms with Gasteiger partial charge in [0.25, 0.3) is 0 Å². The van der Waals surface area contributed by atoms with Gasteiger partial charge >= 0.3 is 18.0 Å². The van der Waals surface area contributed by atoms with Crippen molar-refractivity contribution in [2.45, 2.75) is 155 Å². The van der Waals surface area contributed by atoms with Gasteiger partial charge in [-0.05, 0) is 206 Å². The topological polar surface area (TPSA) is 281 Å². The molecule has 21 nitrogen and oxygen atoms in total. The molecule has 1 aromatic heterocycles. The van der Waals surface area contributed by atoms with Gasteiger partial charge in [0.2, 0.25) is 11.8 Å². The van der Waals surface area contributed by atoms with Crippen LogP contribution in [0.25, 0.3) is 10.8 Å². The Hall–Kier alpha value is -9.16. The largest absolute Gasteiger partial charge is 0.504 e. The number of imide groups is 2. The number of carbonyl (C=O) groups is 6. The fourth-order valence-electron chi connectivity index (χ4n) is 16.1. The average Bonchev–Trinajstić information content (AvgIpc) is 1.48. The maximum absolute atomic E-state index is 12.7. The smallest absolute Gasteiger partial charge is 0.337 e. The van der Waals surface area contributed by atoms with E-state index in [0.29, 0.717) is 37.0 Å². The van der Waals surface area contributed by atoms with Crippen molar-refractivity contribution in [2.24, 2.45) is 23.2 Å². The number of methoxy groups -OCH3 is 2. The molecule has 7 aromatic rings. The molecule has 4 amide bonds. The third-order valence-corrected chi connectivity index (χ3v) is 23.8. The molecule has 4 aliphatic heterocycles. The molecule has 0 radical (unpaired) electrons. The van der Waals surface area contributed by atoms with Gasteiger partial charge in [-0.3, -0.25) is 39.7 Å². The van der Waals surface area contributed by atoms with E-state index in [-0.39, 0.29) is 35.5 Å². The predicted molar refractivity (Wildman–Crippen MR) is 410 cm³/mol. The van der Waals surface area contributed by atoms with Gasteiger partial charge in [-0.25, -0.2) is 9.59 Å². The Morgan fingerprint density at radius 3 is 2.04 bits per heavy atom. The van der Waals surface area contributed by atoms with E-state index < -0.39 is 63.8 Å². The quantitative estimate of drug-likeness (QED) is 0.0329. The van der Waals surface area contributed by atoms with Gasteiger partial charge in [0.15, 0.2) is 23.4 Å². The molecular weight excluding hydrogens is 1360 g/mol. The first-order valence-corrected chi connectivity index (χ1v) is 37.5. The zero-order valence-corrected chi connectivity index (χ0v) is 63.4. The number of carboxylic acid groups (broad SMARTS) is 2. The van der Waals surface area contributed by atoms with Crippen LogP contribution in [0.5, 0.6) is 23.0 Å². The van der Waals surface area contributed by atoms with Gasteiger partial charge in [0.05, 0.1) is 53.7 Å². The number of aromatic carboxylic acids is 1. The monoisotopic (exact) mass is 1470 g/mol. The molecule has 3 saturated carbocycles. The summed E-state index contributed by atoms with van der Waals surface area (Å²) in [7, 11) is 11.7. The van der Waals surface area contributed by atoms with Crippen LogP contribution < -0.4 is 29.7 Å². The number of piperidine rings is 1. The molecule has 5 heterocycles. The minimum absolute atomic E-state index is 0.0454. The number of anilines is 2. The Kier molecular flexibility index (Phi) is 25.6. The van der Waals surface area contributed by atoms with Crippen LogP contribution in [0.2, 0.25) is 0 Å². The highest BCUT2D eigenvalue weighted by Crippen LogP contribution is 2.65. The number of urea groups is 1. The number of hydrogen-bond donors (Lipinski definition) is 7. The third kappa shape index (κ3) is 16.7. The number of ether oxygens (including phenoxy) is 3. The number of barbiturate groups is 1. The number of aliphatic carboxylic acids is 1. The van der Waals surface area contributed by atoms with Crippen LogP contribution in [0.4, 0.5) is 16.2 Å². The van der Waals surface area contributed by atoms with Gasteiger partial charge in [0, 0.05) is 71.8 Å². The first kappa shape index (κ1) is 79.4. The Morgan fingerprint density at radius 2 is 1.44 bits per heavy atom. The van der Waals surface area contributed by atoms with Gasteiger partial charge in [0.1, 0.15) is 16.9 Å². The Labute approximate surface area is 626 Å². The minimum atomic E-state index is -1.20. The molecule has 1 spiro atoms. The second-order valence-electron chi connectivity index (χ2n) is 29.6. The summed E-state index contributed by atoms with van der Waals surface area (Å²) >= 11 is 1.87. The van der Waals surface area contributed by atoms with Crippen LogP contribution >= 0.6 is 11.8 Å². The van der Waals surface area contributed by atoms with Crippen LogP contribution in [0, 0.1) is 23.2 Å². The number of fused-ring (bicyclic) bond motifs is 3. The number of Topliss-reactive ketones (excluding diaryl/α,β-unsaturated/α-hetero) is 1. The lowest BCUT2D eigenvalue weighted by Crippen LogP contribution is -2.76. The van der Waals surface area contributed by atoms with Crippen LogP contribution in [0.15, 0.2) is 168 Å². The lowest BCUT2D eigenvalue weighted by atomic mass is 9.49. The number of aromatic nitrogens is 1. The summed E-state index contributed by atoms with van der Waals surface area (Å²) in [5, 5.41) is 57.2. The molecule has 15 rings (SSSR count). The van der Waals surface area contributed by atoms with Crippen molar-refractivity contribution < 1.29 is 68.5 Å². The van der Waals surface area contributed by atoms with Crippen molar-refractivity contribution in [3.8, 4) is 23.0 Å². The number of phenols is 1. The summed E-state index contributed by atoms with van der Waals surface area (Å²) in [4.78, 5) is 84.2. The van der Waals surface area contributed by atoms with Crippen molar-refractivity contribution in [3.63, 3.8) is 0 Å². The minimum Gasteiger partial charge on any atom is -0.504 e. The summed E-state index contributed by atoms with van der Waals surface area (Å²) in [6, 6.07) is 43.2. The molecule has 22 heteroatoms. The maximum Gasteiger partial charge on any atom is 0.337 e. The van der Waals surface area contributed by atoms with E-state index in [1.807, 2.05) is 92.3 Å². The SMILES string of the molecule is C=CCC1(C(C)CC)C(=O)NC(=O)NC1=O.CC(CN1c2ccccc2Sc2ccccc21)N(C)C.COc1ccc2cc([C@H](C)C(=O)O)ccc2c1.COc1cccc([C@@]2(O)CCCC[C@@H]2CN(C)C)c1.O=C(O)c1cccnc1.O=C1CC[C@@]2(O)[C@H]3Cc4ccc(O)c5c4[C@@]2(CCN3CC2CC2)[C@H]1O5. The van der Waals surface area contributed by atoms with Gasteiger partial charge in [-0.1, -0.05) is 118 Å². The second kappa shape index (κ2) is 34.2. The number of ketones is 1. The van der Waals surface area contributed by atoms with Gasteiger partial charge in [-0.15, -0.1) is 6.58 Å². The number of likely N-dealkylation sites (tertiary alicyclic amines) is 1. The number of para-hydroxylation sites is 2. The number of pyridine rings is 1. The number of nitrogens with zero attached hydrogens (tertiary/aromatic N) is 5.